The predicted octanol–water partition coefficient (Wildman–Crippen LogP) is 2.03. The fourth-order valence-electron chi connectivity index (χ4n) is 2.58. The lowest BCUT2D eigenvalue weighted by Crippen LogP contribution is -2.29. The van der Waals surface area contributed by atoms with Gasteiger partial charge in [-0.1, -0.05) is 6.58 Å². The van der Waals surface area contributed by atoms with E-state index in [0.29, 0.717) is 11.3 Å². The van der Waals surface area contributed by atoms with Gasteiger partial charge in [-0.2, -0.15) is 5.10 Å². The molecule has 1 aromatic heterocycles. The van der Waals surface area contributed by atoms with Gasteiger partial charge in [0.2, 0.25) is 0 Å². The van der Waals surface area contributed by atoms with E-state index in [1.807, 2.05) is 4.68 Å². The molecule has 4 nitrogen and oxygen atoms in total. The Labute approximate surface area is 117 Å². The summed E-state index contributed by atoms with van der Waals surface area (Å²) in [5.41, 5.74) is 10.6. The van der Waals surface area contributed by atoms with E-state index in [1.165, 1.54) is 6.07 Å². The zero-order chi connectivity index (χ0) is 14.3. The monoisotopic (exact) mass is 272 g/mol. The van der Waals surface area contributed by atoms with E-state index >= 15 is 0 Å². The summed E-state index contributed by atoms with van der Waals surface area (Å²) >= 11 is 0. The lowest BCUT2D eigenvalue weighted by molar-refractivity contribution is 0.476. The molecule has 0 unspecified atom stereocenters. The second-order valence-corrected chi connectivity index (χ2v) is 5.06. The molecule has 0 aliphatic carbocycles. The van der Waals surface area contributed by atoms with Crippen molar-refractivity contribution in [3.63, 3.8) is 0 Å². The lowest BCUT2D eigenvalue weighted by atomic mass is 10.0. The van der Waals surface area contributed by atoms with E-state index in [4.69, 9.17) is 5.73 Å². The highest BCUT2D eigenvalue weighted by Gasteiger charge is 2.22. The highest BCUT2D eigenvalue weighted by Crippen LogP contribution is 2.30. The number of hydrogen-bond donors (Lipinski definition) is 2. The molecule has 0 saturated heterocycles. The molecule has 0 saturated carbocycles. The highest BCUT2D eigenvalue weighted by molar-refractivity contribution is 5.78. The number of nitrogens with one attached hydrogen (secondary N) is 1. The number of halogens is 1. The Morgan fingerprint density at radius 1 is 1.50 bits per heavy atom. The van der Waals surface area contributed by atoms with Crippen LogP contribution >= 0.6 is 0 Å². The van der Waals surface area contributed by atoms with Crippen LogP contribution in [0.4, 0.5) is 4.39 Å². The Bertz CT molecular complexity index is 687. The van der Waals surface area contributed by atoms with Crippen molar-refractivity contribution in [1.29, 1.82) is 0 Å². The van der Waals surface area contributed by atoms with Crippen LogP contribution in [-0.2, 0) is 13.1 Å². The quantitative estimate of drug-likeness (QED) is 0.879. The maximum absolute atomic E-state index is 13.4. The molecule has 1 aromatic carbocycles. The zero-order valence-electron chi connectivity index (χ0n) is 11.4. The van der Waals surface area contributed by atoms with Crippen molar-refractivity contribution < 1.29 is 4.39 Å². The van der Waals surface area contributed by atoms with Crippen molar-refractivity contribution >= 4 is 5.70 Å². The molecular formula is C15H17FN4. The molecule has 5 heteroatoms. The number of rotatable bonds is 2. The Kier molecular flexibility index (Phi) is 3.06. The molecule has 0 amide bonds. The Hall–Kier alpha value is -2.14. The normalized spacial score (nSPS) is 14.1. The van der Waals surface area contributed by atoms with Gasteiger partial charge in [-0.3, -0.25) is 4.68 Å². The molecule has 2 aromatic rings. The summed E-state index contributed by atoms with van der Waals surface area (Å²) < 4.78 is 15.4. The Balaban J connectivity index is 2.19. The number of aromatic nitrogens is 2. The van der Waals surface area contributed by atoms with Gasteiger partial charge in [-0.15, -0.1) is 0 Å². The second kappa shape index (κ2) is 4.76. The molecule has 0 radical (unpaired) electrons. The Morgan fingerprint density at radius 2 is 2.30 bits per heavy atom. The maximum atomic E-state index is 13.4. The van der Waals surface area contributed by atoms with Crippen molar-refractivity contribution in [2.24, 2.45) is 5.73 Å². The van der Waals surface area contributed by atoms with E-state index in [0.717, 1.165) is 42.1 Å². The van der Waals surface area contributed by atoms with Gasteiger partial charge in [0.1, 0.15) is 11.5 Å². The second-order valence-electron chi connectivity index (χ2n) is 5.06. The topological polar surface area (TPSA) is 55.9 Å². The van der Waals surface area contributed by atoms with Crippen LogP contribution in [0.25, 0.3) is 17.0 Å². The summed E-state index contributed by atoms with van der Waals surface area (Å²) in [6.07, 6.45) is 0. The lowest BCUT2D eigenvalue weighted by Gasteiger charge is -2.15. The minimum Gasteiger partial charge on any atom is -0.399 e. The maximum Gasteiger partial charge on any atom is 0.126 e. The first-order chi connectivity index (χ1) is 9.58. The van der Waals surface area contributed by atoms with Crippen LogP contribution in [-0.4, -0.2) is 16.3 Å². The average Bonchev–Trinajstić information content (AvgIpc) is 2.81. The molecule has 0 atom stereocenters. The van der Waals surface area contributed by atoms with Crippen molar-refractivity contribution in [1.82, 2.24) is 15.1 Å². The van der Waals surface area contributed by atoms with E-state index in [9.17, 15) is 4.39 Å². The molecule has 104 valence electrons. The van der Waals surface area contributed by atoms with Gasteiger partial charge in [0.25, 0.3) is 0 Å². The number of aryl methyl sites for hydroxylation is 1. The first-order valence-electron chi connectivity index (χ1n) is 6.59. The predicted molar refractivity (Wildman–Crippen MR) is 77.3 cm³/mol. The van der Waals surface area contributed by atoms with Crippen LogP contribution in [0.5, 0.6) is 0 Å². The van der Waals surface area contributed by atoms with Gasteiger partial charge in [-0.05, 0) is 30.7 Å². The van der Waals surface area contributed by atoms with Gasteiger partial charge in [-0.25, -0.2) is 4.39 Å². The molecule has 0 fully saturated rings. The van der Waals surface area contributed by atoms with Crippen molar-refractivity contribution in [3.05, 3.63) is 47.4 Å². The highest BCUT2D eigenvalue weighted by atomic mass is 19.1. The van der Waals surface area contributed by atoms with Gasteiger partial charge >= 0.3 is 0 Å². The van der Waals surface area contributed by atoms with Crippen LogP contribution in [0, 0.1) is 12.7 Å². The molecule has 0 bridgehead atoms. The van der Waals surface area contributed by atoms with E-state index in [-0.39, 0.29) is 5.82 Å². The van der Waals surface area contributed by atoms with E-state index in [2.05, 4.69) is 17.0 Å². The summed E-state index contributed by atoms with van der Waals surface area (Å²) in [6, 6.07) is 4.99. The third kappa shape index (κ3) is 2.00. The average molecular weight is 272 g/mol. The molecule has 1 aliphatic heterocycles. The van der Waals surface area contributed by atoms with E-state index in [1.54, 1.807) is 19.1 Å². The van der Waals surface area contributed by atoms with Crippen LogP contribution < -0.4 is 11.1 Å². The molecule has 1 aliphatic rings. The number of fused-ring (bicyclic) bond motifs is 1. The summed E-state index contributed by atoms with van der Waals surface area (Å²) in [5.74, 6) is -0.215. The van der Waals surface area contributed by atoms with Crippen LogP contribution in [0.2, 0.25) is 0 Å². The number of nitrogens with zero attached hydrogens (tertiary/aromatic N) is 2. The largest absolute Gasteiger partial charge is 0.399 e. The summed E-state index contributed by atoms with van der Waals surface area (Å²) in [5, 5.41) is 7.93. The third-order valence-electron chi connectivity index (χ3n) is 3.60. The van der Waals surface area contributed by atoms with Gasteiger partial charge in [0.05, 0.1) is 12.2 Å². The number of nitrogens with two attached hydrogens (primary N) is 1. The smallest absolute Gasteiger partial charge is 0.126 e. The van der Waals surface area contributed by atoms with Gasteiger partial charge < -0.3 is 11.1 Å². The number of benzene rings is 1. The SMILES string of the molecule is C=C(N)c1c(-c2ccc(F)c(C)c2)nn2c1CNCC2. The van der Waals surface area contributed by atoms with E-state index < -0.39 is 0 Å². The molecule has 20 heavy (non-hydrogen) atoms. The first kappa shape index (κ1) is 12.9. The van der Waals surface area contributed by atoms with Crippen LogP contribution in [0.1, 0.15) is 16.8 Å². The van der Waals surface area contributed by atoms with Crippen molar-refractivity contribution in [2.75, 3.05) is 6.54 Å². The minimum absolute atomic E-state index is 0.215. The summed E-state index contributed by atoms with van der Waals surface area (Å²) in [6.45, 7) is 8.00. The summed E-state index contributed by atoms with van der Waals surface area (Å²) in [7, 11) is 0. The Morgan fingerprint density at radius 3 is 3.00 bits per heavy atom. The number of hydrogen-bond acceptors (Lipinski definition) is 3. The zero-order valence-corrected chi connectivity index (χ0v) is 11.4. The van der Waals surface area contributed by atoms with Gasteiger partial charge in [0.15, 0.2) is 0 Å². The fourth-order valence-corrected chi connectivity index (χ4v) is 2.58. The minimum atomic E-state index is -0.215. The molecule has 3 N–H and O–H groups in total. The molecule has 0 spiro atoms. The van der Waals surface area contributed by atoms with Gasteiger partial charge in [0, 0.05) is 29.9 Å². The van der Waals surface area contributed by atoms with Crippen molar-refractivity contribution in [3.8, 4) is 11.3 Å². The summed E-state index contributed by atoms with van der Waals surface area (Å²) in [4.78, 5) is 0. The fraction of sp³-hybridized carbons (Fsp3) is 0.267. The molecular weight excluding hydrogens is 255 g/mol. The molecule has 3 rings (SSSR count). The molecule has 2 heterocycles. The first-order valence-corrected chi connectivity index (χ1v) is 6.59. The third-order valence-corrected chi connectivity index (χ3v) is 3.60. The van der Waals surface area contributed by atoms with Crippen LogP contribution in [0.15, 0.2) is 24.8 Å². The van der Waals surface area contributed by atoms with Crippen LogP contribution in [0.3, 0.4) is 0 Å². The van der Waals surface area contributed by atoms with Crippen molar-refractivity contribution in [2.45, 2.75) is 20.0 Å². The standard InChI is InChI=1S/C15H17FN4/c1-9-7-11(3-4-12(9)16)15-14(10(2)17)13-8-18-5-6-20(13)19-15/h3-4,7,18H,2,5-6,8,17H2,1H3.